The molecular weight excluding hydrogens is 521 g/mol. The third-order valence-corrected chi connectivity index (χ3v) is 8.16. The van der Waals surface area contributed by atoms with E-state index in [1.165, 1.54) is 11.0 Å². The Bertz CT molecular complexity index is 1170. The van der Waals surface area contributed by atoms with Gasteiger partial charge in [0, 0.05) is 22.6 Å². The number of halogens is 2. The zero-order chi connectivity index (χ0) is 26.3. The van der Waals surface area contributed by atoms with Gasteiger partial charge in [-0.1, -0.05) is 73.7 Å². The molecule has 2 aromatic carbocycles. The molecule has 0 aromatic heterocycles. The van der Waals surface area contributed by atoms with E-state index in [4.69, 9.17) is 23.2 Å². The second kappa shape index (κ2) is 12.8. The van der Waals surface area contributed by atoms with E-state index in [0.29, 0.717) is 22.0 Å². The molecule has 1 aliphatic carbocycles. The van der Waals surface area contributed by atoms with Gasteiger partial charge in [-0.25, -0.2) is 8.42 Å². The Morgan fingerprint density at radius 3 is 2.36 bits per heavy atom. The minimum atomic E-state index is -3.82. The first kappa shape index (κ1) is 28.3. The van der Waals surface area contributed by atoms with Crippen LogP contribution in [0.3, 0.4) is 0 Å². The van der Waals surface area contributed by atoms with Gasteiger partial charge in [0.2, 0.25) is 21.8 Å². The molecule has 0 unspecified atom stereocenters. The Balaban J connectivity index is 1.92. The minimum Gasteiger partial charge on any atom is -0.352 e. The first-order valence-electron chi connectivity index (χ1n) is 12.2. The Kier molecular flexibility index (Phi) is 10.0. The van der Waals surface area contributed by atoms with Crippen LogP contribution in [0.2, 0.25) is 10.0 Å². The second-order valence-corrected chi connectivity index (χ2v) is 11.9. The molecular formula is C26H33Cl2N3O4S. The van der Waals surface area contributed by atoms with Crippen molar-refractivity contribution in [2.24, 2.45) is 0 Å². The average Bonchev–Trinajstić information content (AvgIpc) is 2.83. The molecule has 7 nitrogen and oxygen atoms in total. The van der Waals surface area contributed by atoms with E-state index in [2.05, 4.69) is 5.32 Å². The number of anilines is 1. The predicted molar refractivity (Wildman–Crippen MR) is 145 cm³/mol. The van der Waals surface area contributed by atoms with E-state index >= 15 is 0 Å². The van der Waals surface area contributed by atoms with E-state index in [1.54, 1.807) is 36.4 Å². The molecule has 2 amide bonds. The molecule has 0 saturated heterocycles. The molecule has 1 atom stereocenters. The number of sulfonamides is 1. The zero-order valence-corrected chi connectivity index (χ0v) is 23.0. The fourth-order valence-electron chi connectivity index (χ4n) is 4.52. The molecule has 1 aliphatic rings. The summed E-state index contributed by atoms with van der Waals surface area (Å²) in [5.74, 6) is -0.746. The average molecular weight is 555 g/mol. The number of carbonyl (C=O) groups is 2. The first-order chi connectivity index (χ1) is 17.1. The van der Waals surface area contributed by atoms with Crippen molar-refractivity contribution in [3.63, 3.8) is 0 Å². The van der Waals surface area contributed by atoms with Crippen LogP contribution in [0.1, 0.15) is 51.0 Å². The van der Waals surface area contributed by atoms with Crippen molar-refractivity contribution in [1.29, 1.82) is 0 Å². The molecule has 36 heavy (non-hydrogen) atoms. The molecule has 0 aliphatic heterocycles. The molecule has 2 aromatic rings. The lowest BCUT2D eigenvalue weighted by Crippen LogP contribution is -2.54. The Hall–Kier alpha value is -2.29. The second-order valence-electron chi connectivity index (χ2n) is 9.13. The molecule has 3 rings (SSSR count). The van der Waals surface area contributed by atoms with E-state index in [1.807, 2.05) is 13.0 Å². The van der Waals surface area contributed by atoms with Gasteiger partial charge in [-0.3, -0.25) is 13.9 Å². The van der Waals surface area contributed by atoms with Crippen LogP contribution in [0, 0.1) is 0 Å². The van der Waals surface area contributed by atoms with Crippen LogP contribution in [0.25, 0.3) is 0 Å². The molecule has 0 spiro atoms. The van der Waals surface area contributed by atoms with Crippen molar-refractivity contribution in [2.45, 2.75) is 64.1 Å². The molecule has 196 valence electrons. The van der Waals surface area contributed by atoms with Crippen LogP contribution in [0.5, 0.6) is 0 Å². The van der Waals surface area contributed by atoms with Crippen LogP contribution in [0.4, 0.5) is 5.69 Å². The van der Waals surface area contributed by atoms with Crippen LogP contribution < -0.4 is 9.62 Å². The number of hydrogen-bond donors (Lipinski definition) is 1. The van der Waals surface area contributed by atoms with E-state index in [9.17, 15) is 18.0 Å². The van der Waals surface area contributed by atoms with Gasteiger partial charge >= 0.3 is 0 Å². The Labute approximate surface area is 223 Å². The molecule has 1 fully saturated rings. The number of carbonyl (C=O) groups excluding carboxylic acids is 2. The summed E-state index contributed by atoms with van der Waals surface area (Å²) in [7, 11) is -3.82. The number of amides is 2. The molecule has 10 heteroatoms. The summed E-state index contributed by atoms with van der Waals surface area (Å²) in [5.41, 5.74) is 0.945. The lowest BCUT2D eigenvalue weighted by molar-refractivity contribution is -0.140. The lowest BCUT2D eigenvalue weighted by Gasteiger charge is -2.34. The van der Waals surface area contributed by atoms with Crippen LogP contribution in [0.15, 0.2) is 48.5 Å². The van der Waals surface area contributed by atoms with E-state index < -0.39 is 28.5 Å². The van der Waals surface area contributed by atoms with Gasteiger partial charge < -0.3 is 10.2 Å². The largest absolute Gasteiger partial charge is 0.352 e. The summed E-state index contributed by atoms with van der Waals surface area (Å²) >= 11 is 12.5. The summed E-state index contributed by atoms with van der Waals surface area (Å²) in [5, 5.41) is 3.93. The predicted octanol–water partition coefficient (Wildman–Crippen LogP) is 5.02. The van der Waals surface area contributed by atoms with Gasteiger partial charge in [-0.05, 0) is 49.1 Å². The van der Waals surface area contributed by atoms with Gasteiger partial charge in [0.05, 0.1) is 11.9 Å². The molecule has 0 heterocycles. The van der Waals surface area contributed by atoms with Crippen molar-refractivity contribution >= 4 is 50.7 Å². The fraction of sp³-hybridized carbons (Fsp3) is 0.462. The lowest BCUT2D eigenvalue weighted by atomic mass is 9.95. The summed E-state index contributed by atoms with van der Waals surface area (Å²) in [4.78, 5) is 28.5. The van der Waals surface area contributed by atoms with Crippen LogP contribution in [-0.4, -0.2) is 50.0 Å². The zero-order valence-electron chi connectivity index (χ0n) is 20.6. The van der Waals surface area contributed by atoms with E-state index in [-0.39, 0.29) is 24.2 Å². The third-order valence-electron chi connectivity index (χ3n) is 6.41. The molecule has 1 N–H and O–H groups in total. The standard InChI is InChI=1S/C26H33Cl2N3O4S/c1-3-24(26(33)29-21-12-5-4-6-13-21)30(17-19-10-7-8-15-23(19)28)25(32)18-31(36(2,34)35)22-14-9-11-20(27)16-22/h7-11,14-16,21,24H,3-6,12-13,17-18H2,1-2H3,(H,29,33)/t24-/m0/s1. The van der Waals surface area contributed by atoms with Gasteiger partial charge in [0.15, 0.2) is 0 Å². The highest BCUT2D eigenvalue weighted by atomic mass is 35.5. The van der Waals surface area contributed by atoms with Gasteiger partial charge in [0.1, 0.15) is 12.6 Å². The number of rotatable bonds is 10. The number of nitrogens with zero attached hydrogens (tertiary/aromatic N) is 2. The van der Waals surface area contributed by atoms with Crippen LogP contribution in [-0.2, 0) is 26.2 Å². The highest BCUT2D eigenvalue weighted by Gasteiger charge is 2.33. The summed E-state index contributed by atoms with van der Waals surface area (Å²) in [6.07, 6.45) is 6.51. The molecule has 1 saturated carbocycles. The summed E-state index contributed by atoms with van der Waals surface area (Å²) in [6, 6.07) is 12.7. The third kappa shape index (κ3) is 7.60. The highest BCUT2D eigenvalue weighted by Crippen LogP contribution is 2.25. The van der Waals surface area contributed by atoms with Crippen LogP contribution >= 0.6 is 23.2 Å². The minimum absolute atomic E-state index is 0.0717. The monoisotopic (exact) mass is 553 g/mol. The number of hydrogen-bond acceptors (Lipinski definition) is 4. The van der Waals surface area contributed by atoms with Gasteiger partial charge in [-0.2, -0.15) is 0 Å². The van der Waals surface area contributed by atoms with E-state index in [0.717, 1.165) is 42.7 Å². The van der Waals surface area contributed by atoms with Gasteiger partial charge in [-0.15, -0.1) is 0 Å². The topological polar surface area (TPSA) is 86.8 Å². The van der Waals surface area contributed by atoms with Crippen molar-refractivity contribution < 1.29 is 18.0 Å². The number of nitrogens with one attached hydrogen (secondary N) is 1. The Morgan fingerprint density at radius 2 is 1.75 bits per heavy atom. The highest BCUT2D eigenvalue weighted by molar-refractivity contribution is 7.92. The number of benzene rings is 2. The summed E-state index contributed by atoms with van der Waals surface area (Å²) in [6.45, 7) is 1.43. The quantitative estimate of drug-likeness (QED) is 0.447. The first-order valence-corrected chi connectivity index (χ1v) is 14.8. The Morgan fingerprint density at radius 1 is 1.06 bits per heavy atom. The maximum absolute atomic E-state index is 13.7. The SMILES string of the molecule is CC[C@@H](C(=O)NC1CCCCC1)N(Cc1ccccc1Cl)C(=O)CN(c1cccc(Cl)c1)S(C)(=O)=O. The fourth-order valence-corrected chi connectivity index (χ4v) is 5.74. The normalized spacial score (nSPS) is 15.2. The summed E-state index contributed by atoms with van der Waals surface area (Å²) < 4.78 is 26.3. The van der Waals surface area contributed by atoms with Crippen molar-refractivity contribution in [3.8, 4) is 0 Å². The van der Waals surface area contributed by atoms with Crippen molar-refractivity contribution in [1.82, 2.24) is 10.2 Å². The maximum atomic E-state index is 13.7. The smallest absolute Gasteiger partial charge is 0.244 e. The van der Waals surface area contributed by atoms with Gasteiger partial charge in [0.25, 0.3) is 0 Å². The molecule has 0 radical (unpaired) electrons. The molecule has 0 bridgehead atoms. The maximum Gasteiger partial charge on any atom is 0.244 e. The van der Waals surface area contributed by atoms with Crippen molar-refractivity contribution in [3.05, 3.63) is 64.1 Å². The van der Waals surface area contributed by atoms with Crippen molar-refractivity contribution in [2.75, 3.05) is 17.1 Å².